The monoisotopic (exact) mass is 259 g/mol. The maximum atomic E-state index is 11.8. The summed E-state index contributed by atoms with van der Waals surface area (Å²) in [6, 6.07) is 2.81. The van der Waals surface area contributed by atoms with Gasteiger partial charge >= 0.3 is 0 Å². The molecule has 0 aliphatic heterocycles. The van der Waals surface area contributed by atoms with E-state index >= 15 is 0 Å². The Morgan fingerprint density at radius 3 is 2.76 bits per heavy atom. The predicted molar refractivity (Wildman–Crippen MR) is 61.7 cm³/mol. The van der Waals surface area contributed by atoms with Crippen molar-refractivity contribution in [3.63, 3.8) is 0 Å². The zero-order chi connectivity index (χ0) is 12.5. The van der Waals surface area contributed by atoms with E-state index in [9.17, 15) is 8.42 Å². The van der Waals surface area contributed by atoms with E-state index in [4.69, 9.17) is 9.52 Å². The molecule has 1 atom stereocenters. The summed E-state index contributed by atoms with van der Waals surface area (Å²) >= 11 is 0. The van der Waals surface area contributed by atoms with Crippen LogP contribution in [-0.4, -0.2) is 20.1 Å². The van der Waals surface area contributed by atoms with Crippen LogP contribution in [0.5, 0.6) is 0 Å². The second-order valence-electron chi connectivity index (χ2n) is 4.55. The summed E-state index contributed by atoms with van der Waals surface area (Å²) in [6.07, 6.45) is 2.39. The number of nitrogens with one attached hydrogen (secondary N) is 1. The molecular formula is C11H17NO4S. The molecule has 96 valence electrons. The maximum absolute atomic E-state index is 11.8. The van der Waals surface area contributed by atoms with Gasteiger partial charge in [-0.15, -0.1) is 0 Å². The molecule has 1 heterocycles. The zero-order valence-electron chi connectivity index (χ0n) is 9.72. The Hall–Kier alpha value is -0.850. The minimum Gasteiger partial charge on any atom is -0.446 e. The quantitative estimate of drug-likeness (QED) is 0.801. The summed E-state index contributed by atoms with van der Waals surface area (Å²) in [5.41, 5.74) is 0. The molecule has 0 radical (unpaired) electrons. The van der Waals surface area contributed by atoms with Gasteiger partial charge < -0.3 is 9.52 Å². The van der Waals surface area contributed by atoms with Crippen LogP contribution in [-0.2, 0) is 16.6 Å². The zero-order valence-corrected chi connectivity index (χ0v) is 10.5. The molecule has 0 bridgehead atoms. The number of hydrogen-bond donors (Lipinski definition) is 2. The van der Waals surface area contributed by atoms with Crippen molar-refractivity contribution in [3.05, 3.63) is 17.9 Å². The summed E-state index contributed by atoms with van der Waals surface area (Å²) in [5, 5.41) is 8.67. The Bertz CT molecular complexity index is 475. The lowest BCUT2D eigenvalue weighted by molar-refractivity contribution is 0.236. The first kappa shape index (κ1) is 12.6. The number of furan rings is 1. The Morgan fingerprint density at radius 2 is 2.24 bits per heavy atom. The third-order valence-corrected chi connectivity index (χ3v) is 4.38. The van der Waals surface area contributed by atoms with Crippen LogP contribution in [0.2, 0.25) is 0 Å². The average molecular weight is 259 g/mol. The summed E-state index contributed by atoms with van der Waals surface area (Å²) in [4.78, 5) is 0. The SMILES string of the molecule is CC(CNS(=O)(=O)c1ccc(CO)o1)C1CC1. The van der Waals surface area contributed by atoms with Crippen molar-refractivity contribution in [2.45, 2.75) is 31.5 Å². The van der Waals surface area contributed by atoms with Crippen LogP contribution in [0, 0.1) is 11.8 Å². The van der Waals surface area contributed by atoms with E-state index in [0.29, 0.717) is 18.4 Å². The third-order valence-electron chi connectivity index (χ3n) is 3.08. The van der Waals surface area contributed by atoms with Crippen LogP contribution in [0.4, 0.5) is 0 Å². The van der Waals surface area contributed by atoms with E-state index in [1.807, 2.05) is 6.92 Å². The van der Waals surface area contributed by atoms with Gasteiger partial charge in [0.1, 0.15) is 12.4 Å². The number of aliphatic hydroxyl groups is 1. The number of aliphatic hydroxyl groups excluding tert-OH is 1. The fourth-order valence-electron chi connectivity index (χ4n) is 1.73. The third kappa shape index (κ3) is 3.08. The molecule has 0 amide bonds. The van der Waals surface area contributed by atoms with Gasteiger partial charge in [0, 0.05) is 6.54 Å². The highest BCUT2D eigenvalue weighted by Gasteiger charge is 2.29. The van der Waals surface area contributed by atoms with Gasteiger partial charge in [0.05, 0.1) is 0 Å². The van der Waals surface area contributed by atoms with Crippen molar-refractivity contribution in [3.8, 4) is 0 Å². The molecule has 1 aromatic rings. The normalized spacial score (nSPS) is 18.2. The minimum absolute atomic E-state index is 0.135. The highest BCUT2D eigenvalue weighted by Crippen LogP contribution is 2.36. The van der Waals surface area contributed by atoms with Crippen molar-refractivity contribution in [1.29, 1.82) is 0 Å². The standard InChI is InChI=1S/C11H17NO4S/c1-8(9-2-3-9)6-12-17(14,15)11-5-4-10(7-13)16-11/h4-5,8-9,12-13H,2-3,6-7H2,1H3. The van der Waals surface area contributed by atoms with Gasteiger partial charge in [0.2, 0.25) is 5.09 Å². The minimum atomic E-state index is -3.58. The lowest BCUT2D eigenvalue weighted by atomic mass is 10.1. The molecule has 1 aliphatic carbocycles. The Kier molecular flexibility index (Phi) is 3.56. The Balaban J connectivity index is 1.97. The first-order valence-electron chi connectivity index (χ1n) is 5.72. The number of sulfonamides is 1. The molecule has 17 heavy (non-hydrogen) atoms. The van der Waals surface area contributed by atoms with E-state index in [1.165, 1.54) is 25.0 Å². The van der Waals surface area contributed by atoms with Crippen molar-refractivity contribution < 1.29 is 17.9 Å². The van der Waals surface area contributed by atoms with E-state index < -0.39 is 10.0 Å². The van der Waals surface area contributed by atoms with Gasteiger partial charge in [-0.25, -0.2) is 13.1 Å². The molecular weight excluding hydrogens is 242 g/mol. The van der Waals surface area contributed by atoms with Gasteiger partial charge in [-0.1, -0.05) is 6.92 Å². The Morgan fingerprint density at radius 1 is 1.53 bits per heavy atom. The molecule has 0 spiro atoms. The average Bonchev–Trinajstić information content (AvgIpc) is 3.03. The fraction of sp³-hybridized carbons (Fsp3) is 0.636. The summed E-state index contributed by atoms with van der Waals surface area (Å²) in [7, 11) is -3.58. The second kappa shape index (κ2) is 4.80. The fourth-order valence-corrected chi connectivity index (χ4v) is 2.82. The summed E-state index contributed by atoms with van der Waals surface area (Å²) < 4.78 is 31.2. The first-order chi connectivity index (χ1) is 8.03. The first-order valence-corrected chi connectivity index (χ1v) is 7.20. The van der Waals surface area contributed by atoms with Crippen molar-refractivity contribution >= 4 is 10.0 Å². The highest BCUT2D eigenvalue weighted by atomic mass is 32.2. The van der Waals surface area contributed by atoms with Gasteiger partial charge in [0.15, 0.2) is 0 Å². The van der Waals surface area contributed by atoms with E-state index in [-0.39, 0.29) is 17.5 Å². The van der Waals surface area contributed by atoms with E-state index in [1.54, 1.807) is 0 Å². The van der Waals surface area contributed by atoms with Crippen molar-refractivity contribution in [2.75, 3.05) is 6.54 Å². The van der Waals surface area contributed by atoms with Gasteiger partial charge in [-0.3, -0.25) is 0 Å². The molecule has 0 saturated heterocycles. The molecule has 5 nitrogen and oxygen atoms in total. The Labute approximate surface area is 101 Å². The molecule has 1 aromatic heterocycles. The van der Waals surface area contributed by atoms with Crippen LogP contribution in [0.25, 0.3) is 0 Å². The molecule has 1 fully saturated rings. The predicted octanol–water partition coefficient (Wildman–Crippen LogP) is 1.10. The molecule has 2 N–H and O–H groups in total. The van der Waals surface area contributed by atoms with Crippen LogP contribution in [0.3, 0.4) is 0 Å². The topological polar surface area (TPSA) is 79.5 Å². The molecule has 6 heteroatoms. The van der Waals surface area contributed by atoms with Crippen molar-refractivity contribution in [1.82, 2.24) is 4.72 Å². The lowest BCUT2D eigenvalue weighted by Gasteiger charge is -2.10. The largest absolute Gasteiger partial charge is 0.446 e. The summed E-state index contributed by atoms with van der Waals surface area (Å²) in [6.45, 7) is 2.18. The van der Waals surface area contributed by atoms with Gasteiger partial charge in [-0.2, -0.15) is 0 Å². The van der Waals surface area contributed by atoms with Crippen LogP contribution in [0.1, 0.15) is 25.5 Å². The van der Waals surface area contributed by atoms with Gasteiger partial charge in [0.25, 0.3) is 10.0 Å². The molecule has 1 aliphatic rings. The molecule has 2 rings (SSSR count). The summed E-state index contributed by atoms with van der Waals surface area (Å²) in [5.74, 6) is 1.26. The van der Waals surface area contributed by atoms with Crippen molar-refractivity contribution in [2.24, 2.45) is 11.8 Å². The molecule has 1 saturated carbocycles. The van der Waals surface area contributed by atoms with Crippen LogP contribution < -0.4 is 4.72 Å². The molecule has 0 aromatic carbocycles. The highest BCUT2D eigenvalue weighted by molar-refractivity contribution is 7.89. The van der Waals surface area contributed by atoms with Gasteiger partial charge in [-0.05, 0) is 36.8 Å². The maximum Gasteiger partial charge on any atom is 0.273 e. The van der Waals surface area contributed by atoms with E-state index in [0.717, 1.165) is 0 Å². The number of hydrogen-bond acceptors (Lipinski definition) is 4. The smallest absolute Gasteiger partial charge is 0.273 e. The van der Waals surface area contributed by atoms with Crippen LogP contribution >= 0.6 is 0 Å². The van der Waals surface area contributed by atoms with Crippen LogP contribution in [0.15, 0.2) is 21.6 Å². The lowest BCUT2D eigenvalue weighted by Crippen LogP contribution is -2.28. The number of rotatable bonds is 6. The second-order valence-corrected chi connectivity index (χ2v) is 6.24. The molecule has 1 unspecified atom stereocenters. The van der Waals surface area contributed by atoms with E-state index in [2.05, 4.69) is 4.72 Å².